The molecule has 0 atom stereocenters. The van der Waals surface area contributed by atoms with Gasteiger partial charge in [0.05, 0.1) is 6.61 Å². The van der Waals surface area contributed by atoms with Gasteiger partial charge in [0.1, 0.15) is 0 Å². The Morgan fingerprint density at radius 2 is 2.25 bits per heavy atom. The van der Waals surface area contributed by atoms with Crippen LogP contribution in [0.4, 0.5) is 0 Å². The lowest BCUT2D eigenvalue weighted by Crippen LogP contribution is -2.01. The van der Waals surface area contributed by atoms with Crippen molar-refractivity contribution in [2.45, 2.75) is 20.4 Å². The summed E-state index contributed by atoms with van der Waals surface area (Å²) < 4.78 is 5.26. The molecule has 3 heteroatoms. The van der Waals surface area contributed by atoms with Crippen LogP contribution in [0.1, 0.15) is 18.2 Å². The smallest absolute Gasteiger partial charge is 0.213 e. The highest BCUT2D eigenvalue weighted by Crippen LogP contribution is 2.11. The lowest BCUT2D eigenvalue weighted by molar-refractivity contribution is 0.326. The van der Waals surface area contributed by atoms with E-state index in [1.165, 1.54) is 0 Å². The van der Waals surface area contributed by atoms with Gasteiger partial charge in [-0.05, 0) is 25.5 Å². The predicted molar refractivity (Wildman–Crippen MR) is 48.0 cm³/mol. The summed E-state index contributed by atoms with van der Waals surface area (Å²) in [6.07, 6.45) is 0. The number of rotatable bonds is 3. The van der Waals surface area contributed by atoms with E-state index in [9.17, 15) is 0 Å². The van der Waals surface area contributed by atoms with E-state index in [1.807, 2.05) is 26.0 Å². The quantitative estimate of drug-likeness (QED) is 0.735. The molecule has 0 amide bonds. The van der Waals surface area contributed by atoms with E-state index < -0.39 is 0 Å². The van der Waals surface area contributed by atoms with Crippen molar-refractivity contribution >= 4 is 0 Å². The van der Waals surface area contributed by atoms with Gasteiger partial charge in [0.25, 0.3) is 0 Å². The highest BCUT2D eigenvalue weighted by molar-refractivity contribution is 5.24. The van der Waals surface area contributed by atoms with Crippen molar-refractivity contribution in [1.82, 2.24) is 4.98 Å². The van der Waals surface area contributed by atoms with Crippen LogP contribution in [-0.2, 0) is 6.54 Å². The topological polar surface area (TPSA) is 48.1 Å². The summed E-state index contributed by atoms with van der Waals surface area (Å²) in [6, 6.07) is 3.83. The third-order valence-electron chi connectivity index (χ3n) is 1.52. The first kappa shape index (κ1) is 9.00. The van der Waals surface area contributed by atoms with Gasteiger partial charge in [-0.2, -0.15) is 0 Å². The number of hydrogen-bond donors (Lipinski definition) is 1. The Morgan fingerprint density at radius 3 is 2.83 bits per heavy atom. The maximum absolute atomic E-state index is 5.50. The van der Waals surface area contributed by atoms with Crippen LogP contribution in [0.15, 0.2) is 12.1 Å². The summed E-state index contributed by atoms with van der Waals surface area (Å²) in [5, 5.41) is 0. The molecule has 0 aromatic carbocycles. The SMILES string of the molecule is CCOc1cc(CN)cc(C)n1. The van der Waals surface area contributed by atoms with Gasteiger partial charge in [0, 0.05) is 18.3 Å². The third-order valence-corrected chi connectivity index (χ3v) is 1.52. The van der Waals surface area contributed by atoms with Crippen LogP contribution >= 0.6 is 0 Å². The summed E-state index contributed by atoms with van der Waals surface area (Å²) in [5.41, 5.74) is 7.51. The molecule has 0 saturated heterocycles. The maximum Gasteiger partial charge on any atom is 0.213 e. The lowest BCUT2D eigenvalue weighted by Gasteiger charge is -2.04. The normalized spacial score (nSPS) is 9.92. The van der Waals surface area contributed by atoms with Crippen LogP contribution in [0.3, 0.4) is 0 Å². The molecule has 66 valence electrons. The van der Waals surface area contributed by atoms with Gasteiger partial charge in [-0.15, -0.1) is 0 Å². The van der Waals surface area contributed by atoms with Crippen molar-refractivity contribution in [2.24, 2.45) is 5.73 Å². The molecule has 0 aliphatic heterocycles. The van der Waals surface area contributed by atoms with E-state index in [-0.39, 0.29) is 0 Å². The fourth-order valence-electron chi connectivity index (χ4n) is 1.05. The first-order valence-corrected chi connectivity index (χ1v) is 4.06. The number of aryl methyl sites for hydroxylation is 1. The molecule has 2 N–H and O–H groups in total. The Hall–Kier alpha value is -1.09. The molecule has 1 aromatic heterocycles. The minimum Gasteiger partial charge on any atom is -0.478 e. The minimum atomic E-state index is 0.531. The van der Waals surface area contributed by atoms with Crippen LogP contribution in [-0.4, -0.2) is 11.6 Å². The molecule has 0 radical (unpaired) electrons. The number of ether oxygens (including phenoxy) is 1. The zero-order chi connectivity index (χ0) is 8.97. The molecule has 0 aliphatic carbocycles. The molecule has 0 fully saturated rings. The number of pyridine rings is 1. The average molecular weight is 166 g/mol. The molecule has 12 heavy (non-hydrogen) atoms. The zero-order valence-electron chi connectivity index (χ0n) is 7.50. The molecular weight excluding hydrogens is 152 g/mol. The van der Waals surface area contributed by atoms with E-state index in [4.69, 9.17) is 10.5 Å². The summed E-state index contributed by atoms with van der Waals surface area (Å²) in [5.74, 6) is 0.665. The average Bonchev–Trinajstić information content (AvgIpc) is 2.04. The first-order chi connectivity index (χ1) is 5.76. The Balaban J connectivity index is 2.90. The van der Waals surface area contributed by atoms with Crippen molar-refractivity contribution in [1.29, 1.82) is 0 Å². The monoisotopic (exact) mass is 166 g/mol. The number of aromatic nitrogens is 1. The van der Waals surface area contributed by atoms with E-state index >= 15 is 0 Å². The molecule has 0 saturated carbocycles. The van der Waals surface area contributed by atoms with Crippen molar-refractivity contribution in [3.8, 4) is 5.88 Å². The molecule has 0 spiro atoms. The minimum absolute atomic E-state index is 0.531. The van der Waals surface area contributed by atoms with Crippen molar-refractivity contribution in [2.75, 3.05) is 6.61 Å². The van der Waals surface area contributed by atoms with Crippen LogP contribution in [0.5, 0.6) is 5.88 Å². The summed E-state index contributed by atoms with van der Waals surface area (Å²) in [4.78, 5) is 4.19. The van der Waals surface area contributed by atoms with Crippen LogP contribution in [0, 0.1) is 6.92 Å². The van der Waals surface area contributed by atoms with Crippen LogP contribution in [0.2, 0.25) is 0 Å². The van der Waals surface area contributed by atoms with Crippen LogP contribution in [0.25, 0.3) is 0 Å². The Labute approximate surface area is 72.6 Å². The van der Waals surface area contributed by atoms with Crippen molar-refractivity contribution in [3.63, 3.8) is 0 Å². The van der Waals surface area contributed by atoms with Gasteiger partial charge in [-0.25, -0.2) is 4.98 Å². The predicted octanol–water partition coefficient (Wildman–Crippen LogP) is 1.25. The van der Waals surface area contributed by atoms with E-state index in [0.29, 0.717) is 19.0 Å². The second-order valence-corrected chi connectivity index (χ2v) is 2.59. The second-order valence-electron chi connectivity index (χ2n) is 2.59. The summed E-state index contributed by atoms with van der Waals surface area (Å²) >= 11 is 0. The fourth-order valence-corrected chi connectivity index (χ4v) is 1.05. The van der Waals surface area contributed by atoms with Gasteiger partial charge < -0.3 is 10.5 Å². The van der Waals surface area contributed by atoms with Crippen molar-refractivity contribution in [3.05, 3.63) is 23.4 Å². The molecule has 1 aromatic rings. The maximum atomic E-state index is 5.50. The fraction of sp³-hybridized carbons (Fsp3) is 0.444. The van der Waals surface area contributed by atoms with Gasteiger partial charge >= 0.3 is 0 Å². The van der Waals surface area contributed by atoms with Crippen LogP contribution < -0.4 is 10.5 Å². The molecule has 0 bridgehead atoms. The molecule has 1 rings (SSSR count). The standard InChI is InChI=1S/C9H14N2O/c1-3-12-9-5-8(6-10)4-7(2)11-9/h4-5H,3,6,10H2,1-2H3. The second kappa shape index (κ2) is 4.07. The number of hydrogen-bond acceptors (Lipinski definition) is 3. The number of nitrogens with zero attached hydrogens (tertiary/aromatic N) is 1. The molecule has 0 unspecified atom stereocenters. The molecule has 3 nitrogen and oxygen atoms in total. The number of nitrogens with two attached hydrogens (primary N) is 1. The Bertz CT molecular complexity index is 261. The van der Waals surface area contributed by atoms with Gasteiger partial charge in [-0.1, -0.05) is 0 Å². The first-order valence-electron chi connectivity index (χ1n) is 4.06. The zero-order valence-corrected chi connectivity index (χ0v) is 7.50. The third kappa shape index (κ3) is 2.20. The van der Waals surface area contributed by atoms with Gasteiger partial charge in [-0.3, -0.25) is 0 Å². The summed E-state index contributed by atoms with van der Waals surface area (Å²) in [7, 11) is 0. The molecular formula is C9H14N2O. The molecule has 0 aliphatic rings. The van der Waals surface area contributed by atoms with Crippen molar-refractivity contribution < 1.29 is 4.74 Å². The van der Waals surface area contributed by atoms with Gasteiger partial charge in [0.2, 0.25) is 5.88 Å². The summed E-state index contributed by atoms with van der Waals surface area (Å²) in [6.45, 7) is 5.04. The Morgan fingerprint density at radius 1 is 1.50 bits per heavy atom. The highest BCUT2D eigenvalue weighted by Gasteiger charge is 1.98. The van der Waals surface area contributed by atoms with E-state index in [0.717, 1.165) is 11.3 Å². The van der Waals surface area contributed by atoms with Gasteiger partial charge in [0.15, 0.2) is 0 Å². The largest absolute Gasteiger partial charge is 0.478 e. The Kier molecular flexibility index (Phi) is 3.05. The molecule has 1 heterocycles. The lowest BCUT2D eigenvalue weighted by atomic mass is 10.2. The highest BCUT2D eigenvalue weighted by atomic mass is 16.5. The van der Waals surface area contributed by atoms with E-state index in [1.54, 1.807) is 0 Å². The van der Waals surface area contributed by atoms with E-state index in [2.05, 4.69) is 4.98 Å².